The van der Waals surface area contributed by atoms with Crippen molar-refractivity contribution in [1.82, 2.24) is 4.98 Å². The quantitative estimate of drug-likeness (QED) is 0.936. The molecule has 0 spiro atoms. The Hall–Kier alpha value is -1.39. The molecule has 4 heteroatoms. The highest BCUT2D eigenvalue weighted by molar-refractivity contribution is 7.09. The van der Waals surface area contributed by atoms with Crippen molar-refractivity contribution in [2.24, 2.45) is 5.73 Å². The second kappa shape index (κ2) is 4.94. The summed E-state index contributed by atoms with van der Waals surface area (Å²) >= 11 is 1.72. The third kappa shape index (κ3) is 2.38. The summed E-state index contributed by atoms with van der Waals surface area (Å²) in [7, 11) is 0. The first kappa shape index (κ1) is 12.6. The van der Waals surface area contributed by atoms with Crippen LogP contribution >= 0.6 is 11.3 Å². The largest absolute Gasteiger partial charge is 0.493 e. The van der Waals surface area contributed by atoms with Gasteiger partial charge in [0, 0.05) is 22.4 Å². The van der Waals surface area contributed by atoms with Crippen molar-refractivity contribution in [3.63, 3.8) is 0 Å². The molecule has 0 aliphatic carbocycles. The molecular weight excluding hydrogens is 256 g/mol. The van der Waals surface area contributed by atoms with E-state index < -0.39 is 0 Å². The predicted octanol–water partition coefficient (Wildman–Crippen LogP) is 3.02. The lowest BCUT2D eigenvalue weighted by Gasteiger charge is -2.35. The van der Waals surface area contributed by atoms with Crippen LogP contribution in [0, 0.1) is 6.92 Å². The molecular formula is C15H18N2OS. The molecule has 0 saturated carbocycles. The Morgan fingerprint density at radius 3 is 3.05 bits per heavy atom. The number of aromatic nitrogens is 1. The van der Waals surface area contributed by atoms with Crippen molar-refractivity contribution in [3.8, 4) is 5.75 Å². The number of para-hydroxylation sites is 1. The van der Waals surface area contributed by atoms with Crippen LogP contribution < -0.4 is 10.5 Å². The van der Waals surface area contributed by atoms with Gasteiger partial charge < -0.3 is 10.5 Å². The number of ether oxygens (including phenoxy) is 1. The second-order valence-electron chi connectivity index (χ2n) is 5.11. The van der Waals surface area contributed by atoms with Gasteiger partial charge in [0.15, 0.2) is 0 Å². The van der Waals surface area contributed by atoms with Gasteiger partial charge in [-0.25, -0.2) is 4.98 Å². The Bertz CT molecular complexity index is 581. The molecule has 1 aliphatic heterocycles. The molecule has 1 aromatic heterocycles. The van der Waals surface area contributed by atoms with Gasteiger partial charge >= 0.3 is 0 Å². The van der Waals surface area contributed by atoms with E-state index >= 15 is 0 Å². The van der Waals surface area contributed by atoms with Gasteiger partial charge in [-0.1, -0.05) is 18.2 Å². The van der Waals surface area contributed by atoms with E-state index in [4.69, 9.17) is 10.5 Å². The maximum Gasteiger partial charge on any atom is 0.124 e. The molecule has 1 aromatic carbocycles. The SMILES string of the molecule is Cc1ncsc1CCC1(N)CCOc2ccccc21. The molecule has 1 aliphatic rings. The van der Waals surface area contributed by atoms with Crippen molar-refractivity contribution < 1.29 is 4.74 Å². The summed E-state index contributed by atoms with van der Waals surface area (Å²) in [6.07, 6.45) is 2.81. The summed E-state index contributed by atoms with van der Waals surface area (Å²) < 4.78 is 5.69. The number of nitrogens with zero attached hydrogens (tertiary/aromatic N) is 1. The highest BCUT2D eigenvalue weighted by Crippen LogP contribution is 2.38. The number of rotatable bonds is 3. The lowest BCUT2D eigenvalue weighted by atomic mass is 9.81. The summed E-state index contributed by atoms with van der Waals surface area (Å²) in [6, 6.07) is 8.13. The fourth-order valence-electron chi connectivity index (χ4n) is 2.64. The molecule has 0 fully saturated rings. The third-order valence-electron chi connectivity index (χ3n) is 3.87. The molecule has 1 atom stereocenters. The average Bonchev–Trinajstić information content (AvgIpc) is 2.83. The smallest absolute Gasteiger partial charge is 0.124 e. The summed E-state index contributed by atoms with van der Waals surface area (Å²) in [5.41, 5.74) is 10.6. The molecule has 19 heavy (non-hydrogen) atoms. The number of fused-ring (bicyclic) bond motifs is 1. The zero-order valence-electron chi connectivity index (χ0n) is 11.1. The normalized spacial score (nSPS) is 21.8. The van der Waals surface area contributed by atoms with E-state index in [0.29, 0.717) is 6.61 Å². The molecule has 3 nitrogen and oxygen atoms in total. The zero-order chi connectivity index (χ0) is 13.3. The van der Waals surface area contributed by atoms with Crippen LogP contribution in [0.3, 0.4) is 0 Å². The number of thiazole rings is 1. The van der Waals surface area contributed by atoms with Crippen molar-refractivity contribution in [1.29, 1.82) is 0 Å². The zero-order valence-corrected chi connectivity index (χ0v) is 11.9. The summed E-state index contributed by atoms with van der Waals surface area (Å²) in [5.74, 6) is 0.942. The Kier molecular flexibility index (Phi) is 3.29. The lowest BCUT2D eigenvalue weighted by Crippen LogP contribution is -2.41. The van der Waals surface area contributed by atoms with Crippen LogP contribution in [0.15, 0.2) is 29.8 Å². The second-order valence-corrected chi connectivity index (χ2v) is 6.05. The number of hydrogen-bond donors (Lipinski definition) is 1. The Labute approximate surface area is 117 Å². The van der Waals surface area contributed by atoms with E-state index in [1.165, 1.54) is 4.88 Å². The van der Waals surface area contributed by atoms with E-state index in [9.17, 15) is 0 Å². The van der Waals surface area contributed by atoms with Crippen LogP contribution in [0.5, 0.6) is 5.75 Å². The van der Waals surface area contributed by atoms with Crippen LogP contribution in [0.25, 0.3) is 0 Å². The third-order valence-corrected chi connectivity index (χ3v) is 4.87. The van der Waals surface area contributed by atoms with Crippen molar-refractivity contribution in [2.75, 3.05) is 6.61 Å². The van der Waals surface area contributed by atoms with Crippen LogP contribution in [0.4, 0.5) is 0 Å². The summed E-state index contributed by atoms with van der Waals surface area (Å²) in [4.78, 5) is 5.64. The summed E-state index contributed by atoms with van der Waals surface area (Å²) in [6.45, 7) is 2.77. The number of hydrogen-bond acceptors (Lipinski definition) is 4. The maximum absolute atomic E-state index is 6.64. The van der Waals surface area contributed by atoms with Crippen molar-refractivity contribution >= 4 is 11.3 Å². The van der Waals surface area contributed by atoms with Gasteiger partial charge in [-0.05, 0) is 25.8 Å². The molecule has 0 saturated heterocycles. The monoisotopic (exact) mass is 274 g/mol. The molecule has 2 heterocycles. The maximum atomic E-state index is 6.64. The molecule has 100 valence electrons. The van der Waals surface area contributed by atoms with Crippen LogP contribution in [-0.2, 0) is 12.0 Å². The van der Waals surface area contributed by atoms with Gasteiger partial charge in [0.05, 0.1) is 17.8 Å². The fraction of sp³-hybridized carbons (Fsp3) is 0.400. The molecule has 3 rings (SSSR count). The number of benzene rings is 1. The highest BCUT2D eigenvalue weighted by Gasteiger charge is 2.33. The van der Waals surface area contributed by atoms with E-state index in [2.05, 4.69) is 18.0 Å². The molecule has 0 radical (unpaired) electrons. The van der Waals surface area contributed by atoms with E-state index in [-0.39, 0.29) is 5.54 Å². The van der Waals surface area contributed by atoms with Crippen LogP contribution in [0.2, 0.25) is 0 Å². The fourth-order valence-corrected chi connectivity index (χ4v) is 3.43. The van der Waals surface area contributed by atoms with Crippen molar-refractivity contribution in [3.05, 3.63) is 45.9 Å². The first-order valence-corrected chi connectivity index (χ1v) is 7.47. The van der Waals surface area contributed by atoms with Gasteiger partial charge in [0.25, 0.3) is 0 Å². The molecule has 0 amide bonds. The topological polar surface area (TPSA) is 48.1 Å². The van der Waals surface area contributed by atoms with E-state index in [1.807, 2.05) is 23.7 Å². The Balaban J connectivity index is 1.82. The molecule has 1 unspecified atom stereocenters. The van der Waals surface area contributed by atoms with E-state index in [0.717, 1.165) is 36.3 Å². The lowest BCUT2D eigenvalue weighted by molar-refractivity contribution is 0.208. The first-order chi connectivity index (χ1) is 9.19. The Morgan fingerprint density at radius 2 is 2.26 bits per heavy atom. The van der Waals surface area contributed by atoms with Gasteiger partial charge in [-0.2, -0.15) is 0 Å². The predicted molar refractivity (Wildman–Crippen MR) is 77.6 cm³/mol. The van der Waals surface area contributed by atoms with Gasteiger partial charge in [-0.15, -0.1) is 11.3 Å². The van der Waals surface area contributed by atoms with Gasteiger partial charge in [-0.3, -0.25) is 0 Å². The highest BCUT2D eigenvalue weighted by atomic mass is 32.1. The Morgan fingerprint density at radius 1 is 1.42 bits per heavy atom. The summed E-state index contributed by atoms with van der Waals surface area (Å²) in [5, 5.41) is 0. The van der Waals surface area contributed by atoms with Gasteiger partial charge in [0.1, 0.15) is 5.75 Å². The van der Waals surface area contributed by atoms with Crippen molar-refractivity contribution in [2.45, 2.75) is 31.7 Å². The molecule has 0 bridgehead atoms. The molecule has 2 N–H and O–H groups in total. The number of aryl methyl sites for hydroxylation is 2. The minimum absolute atomic E-state index is 0.273. The van der Waals surface area contributed by atoms with Gasteiger partial charge in [0.2, 0.25) is 0 Å². The number of nitrogens with two attached hydrogens (primary N) is 1. The van der Waals surface area contributed by atoms with E-state index in [1.54, 1.807) is 11.3 Å². The average molecular weight is 274 g/mol. The minimum Gasteiger partial charge on any atom is -0.493 e. The minimum atomic E-state index is -0.273. The molecule has 2 aromatic rings. The van der Waals surface area contributed by atoms with Crippen LogP contribution in [0.1, 0.15) is 29.0 Å². The van der Waals surface area contributed by atoms with Crippen LogP contribution in [-0.4, -0.2) is 11.6 Å². The standard InChI is InChI=1S/C15H18N2OS/c1-11-14(19-10-17-11)6-7-15(16)8-9-18-13-5-3-2-4-12(13)15/h2-5,10H,6-9,16H2,1H3. The first-order valence-electron chi connectivity index (χ1n) is 6.59.